The standard InChI is InChI=1S/C16H26N4O4S/c1-9(2)13(18)15(21)19-14(10(3)4)16(22)20-25(23,24)12-7-5-11(17)6-8-12/h5-10,13-14H,17-18H2,1-4H3,(H,19,21)(H,20,22). The molecule has 0 heterocycles. The summed E-state index contributed by atoms with van der Waals surface area (Å²) >= 11 is 0. The molecule has 0 saturated carbocycles. The molecular formula is C16H26N4O4S. The molecule has 0 radical (unpaired) electrons. The number of hydrogen-bond acceptors (Lipinski definition) is 6. The summed E-state index contributed by atoms with van der Waals surface area (Å²) in [6.07, 6.45) is 0. The van der Waals surface area contributed by atoms with Gasteiger partial charge in [-0.15, -0.1) is 0 Å². The van der Waals surface area contributed by atoms with Crippen molar-refractivity contribution in [2.24, 2.45) is 17.6 Å². The molecule has 0 fully saturated rings. The monoisotopic (exact) mass is 370 g/mol. The van der Waals surface area contributed by atoms with Crippen molar-refractivity contribution in [1.82, 2.24) is 10.0 Å². The Bertz CT molecular complexity index is 714. The smallest absolute Gasteiger partial charge is 0.264 e. The van der Waals surface area contributed by atoms with Crippen LogP contribution in [0.5, 0.6) is 0 Å². The lowest BCUT2D eigenvalue weighted by molar-refractivity contribution is -0.130. The lowest BCUT2D eigenvalue weighted by Crippen LogP contribution is -2.55. The van der Waals surface area contributed by atoms with Crippen LogP contribution in [0.3, 0.4) is 0 Å². The molecule has 1 aromatic rings. The number of amides is 2. The molecule has 2 atom stereocenters. The van der Waals surface area contributed by atoms with Gasteiger partial charge >= 0.3 is 0 Å². The minimum absolute atomic E-state index is 0.0947. The second-order valence-corrected chi connectivity index (χ2v) is 8.22. The Morgan fingerprint density at radius 2 is 1.48 bits per heavy atom. The molecule has 0 aliphatic carbocycles. The maximum Gasteiger partial charge on any atom is 0.264 e. The lowest BCUT2D eigenvalue weighted by Gasteiger charge is -2.24. The molecule has 0 saturated heterocycles. The van der Waals surface area contributed by atoms with Crippen molar-refractivity contribution in [3.05, 3.63) is 24.3 Å². The molecule has 140 valence electrons. The normalized spacial score (nSPS) is 14.2. The third kappa shape index (κ3) is 5.71. The third-order valence-electron chi connectivity index (χ3n) is 3.69. The molecule has 0 aliphatic heterocycles. The molecule has 9 heteroatoms. The second-order valence-electron chi connectivity index (χ2n) is 6.54. The highest BCUT2D eigenvalue weighted by Gasteiger charge is 2.30. The number of nitrogen functional groups attached to an aromatic ring is 1. The van der Waals surface area contributed by atoms with E-state index < -0.39 is 33.9 Å². The van der Waals surface area contributed by atoms with Gasteiger partial charge in [0.25, 0.3) is 15.9 Å². The quantitative estimate of drug-likeness (QED) is 0.505. The van der Waals surface area contributed by atoms with E-state index in [-0.39, 0.29) is 16.7 Å². The van der Waals surface area contributed by atoms with E-state index in [2.05, 4.69) is 5.32 Å². The van der Waals surface area contributed by atoms with Crippen molar-refractivity contribution in [2.75, 3.05) is 5.73 Å². The van der Waals surface area contributed by atoms with Crippen LogP contribution in [0, 0.1) is 11.8 Å². The van der Waals surface area contributed by atoms with Gasteiger partial charge in [0.2, 0.25) is 5.91 Å². The first kappa shape index (κ1) is 20.9. The minimum atomic E-state index is -4.06. The van der Waals surface area contributed by atoms with Gasteiger partial charge in [-0.05, 0) is 36.1 Å². The van der Waals surface area contributed by atoms with Gasteiger partial charge in [-0.1, -0.05) is 27.7 Å². The van der Waals surface area contributed by atoms with Crippen molar-refractivity contribution in [3.63, 3.8) is 0 Å². The Morgan fingerprint density at radius 3 is 1.92 bits per heavy atom. The number of carbonyl (C=O) groups is 2. The molecule has 0 aromatic heterocycles. The van der Waals surface area contributed by atoms with Crippen LogP contribution in [0.1, 0.15) is 27.7 Å². The van der Waals surface area contributed by atoms with Crippen LogP contribution in [0.2, 0.25) is 0 Å². The van der Waals surface area contributed by atoms with E-state index >= 15 is 0 Å². The molecule has 2 amide bonds. The predicted molar refractivity (Wildman–Crippen MR) is 95.8 cm³/mol. The summed E-state index contributed by atoms with van der Waals surface area (Å²) in [4.78, 5) is 24.4. The molecule has 25 heavy (non-hydrogen) atoms. The van der Waals surface area contributed by atoms with Crippen molar-refractivity contribution in [3.8, 4) is 0 Å². The van der Waals surface area contributed by atoms with E-state index in [0.717, 1.165) is 0 Å². The van der Waals surface area contributed by atoms with Crippen LogP contribution in [-0.2, 0) is 19.6 Å². The number of carbonyl (C=O) groups excluding carboxylic acids is 2. The first-order valence-corrected chi connectivity index (χ1v) is 9.42. The molecule has 0 aliphatic rings. The van der Waals surface area contributed by atoms with Gasteiger partial charge < -0.3 is 16.8 Å². The Kier molecular flexibility index (Phi) is 6.95. The predicted octanol–water partition coefficient (Wildman–Crippen LogP) is 0.198. The van der Waals surface area contributed by atoms with Crippen LogP contribution in [0.4, 0.5) is 5.69 Å². The third-order valence-corrected chi connectivity index (χ3v) is 5.06. The van der Waals surface area contributed by atoms with Crippen LogP contribution in [-0.4, -0.2) is 32.3 Å². The summed E-state index contributed by atoms with van der Waals surface area (Å²) in [5, 5.41) is 2.52. The molecule has 6 N–H and O–H groups in total. The van der Waals surface area contributed by atoms with Crippen LogP contribution in [0.15, 0.2) is 29.2 Å². The van der Waals surface area contributed by atoms with Gasteiger partial charge in [0, 0.05) is 5.69 Å². The van der Waals surface area contributed by atoms with Crippen LogP contribution >= 0.6 is 0 Å². The summed E-state index contributed by atoms with van der Waals surface area (Å²) in [7, 11) is -4.06. The Labute approximate surface area is 148 Å². The van der Waals surface area contributed by atoms with Gasteiger partial charge in [0.15, 0.2) is 0 Å². The fourth-order valence-corrected chi connectivity index (χ4v) is 2.99. The average Bonchev–Trinajstić information content (AvgIpc) is 2.50. The van der Waals surface area contributed by atoms with Gasteiger partial charge in [-0.25, -0.2) is 13.1 Å². The molecular weight excluding hydrogens is 344 g/mol. The first-order valence-electron chi connectivity index (χ1n) is 7.94. The summed E-state index contributed by atoms with van der Waals surface area (Å²) in [6.45, 7) is 6.95. The molecule has 0 spiro atoms. The largest absolute Gasteiger partial charge is 0.399 e. The van der Waals surface area contributed by atoms with Gasteiger partial charge in [0.05, 0.1) is 10.9 Å². The summed E-state index contributed by atoms with van der Waals surface area (Å²) in [5.74, 6) is -1.77. The molecule has 2 unspecified atom stereocenters. The molecule has 1 rings (SSSR count). The summed E-state index contributed by atoms with van der Waals surface area (Å²) < 4.78 is 26.6. The maximum atomic E-state index is 12.4. The Balaban J connectivity index is 2.93. The van der Waals surface area contributed by atoms with Gasteiger partial charge in [-0.3, -0.25) is 9.59 Å². The van der Waals surface area contributed by atoms with Crippen LogP contribution < -0.4 is 21.5 Å². The maximum absolute atomic E-state index is 12.4. The number of nitrogens with one attached hydrogen (secondary N) is 2. The minimum Gasteiger partial charge on any atom is -0.399 e. The Morgan fingerprint density at radius 1 is 0.960 bits per heavy atom. The second kappa shape index (κ2) is 8.30. The summed E-state index contributed by atoms with van der Waals surface area (Å²) in [6, 6.07) is 3.61. The fraction of sp³-hybridized carbons (Fsp3) is 0.500. The zero-order valence-electron chi connectivity index (χ0n) is 14.8. The van der Waals surface area contributed by atoms with Crippen molar-refractivity contribution in [1.29, 1.82) is 0 Å². The Hall–Kier alpha value is -2.13. The SMILES string of the molecule is CC(C)C(N)C(=O)NC(C(=O)NS(=O)(=O)c1ccc(N)cc1)C(C)C. The van der Waals surface area contributed by atoms with E-state index in [1.165, 1.54) is 24.3 Å². The number of sulfonamides is 1. The van der Waals surface area contributed by atoms with Crippen molar-refractivity contribution in [2.45, 2.75) is 44.7 Å². The molecule has 0 bridgehead atoms. The van der Waals surface area contributed by atoms with E-state index in [9.17, 15) is 18.0 Å². The first-order chi connectivity index (χ1) is 11.5. The van der Waals surface area contributed by atoms with Crippen LogP contribution in [0.25, 0.3) is 0 Å². The number of rotatable bonds is 7. The highest BCUT2D eigenvalue weighted by molar-refractivity contribution is 7.90. The zero-order valence-corrected chi connectivity index (χ0v) is 15.6. The zero-order chi connectivity index (χ0) is 19.4. The fourth-order valence-electron chi connectivity index (χ4n) is 1.99. The van der Waals surface area contributed by atoms with E-state index in [1.54, 1.807) is 27.7 Å². The van der Waals surface area contributed by atoms with Crippen molar-refractivity contribution >= 4 is 27.5 Å². The number of benzene rings is 1. The van der Waals surface area contributed by atoms with E-state index in [4.69, 9.17) is 11.5 Å². The summed E-state index contributed by atoms with van der Waals surface area (Å²) in [5.41, 5.74) is 11.7. The molecule has 1 aromatic carbocycles. The molecule has 8 nitrogen and oxygen atoms in total. The van der Waals surface area contributed by atoms with Crippen molar-refractivity contribution < 1.29 is 18.0 Å². The number of nitrogens with two attached hydrogens (primary N) is 2. The van der Waals surface area contributed by atoms with Gasteiger partial charge in [0.1, 0.15) is 6.04 Å². The van der Waals surface area contributed by atoms with E-state index in [1.807, 2.05) is 4.72 Å². The average molecular weight is 370 g/mol. The van der Waals surface area contributed by atoms with E-state index in [0.29, 0.717) is 5.69 Å². The highest BCUT2D eigenvalue weighted by Crippen LogP contribution is 2.12. The topological polar surface area (TPSA) is 144 Å². The number of anilines is 1. The lowest BCUT2D eigenvalue weighted by atomic mass is 10.0. The number of hydrogen-bond donors (Lipinski definition) is 4. The van der Waals surface area contributed by atoms with Gasteiger partial charge in [-0.2, -0.15) is 0 Å². The highest BCUT2D eigenvalue weighted by atomic mass is 32.2.